The van der Waals surface area contributed by atoms with Crippen molar-refractivity contribution >= 4 is 17.9 Å². The Labute approximate surface area is 124 Å². The second-order valence-electron chi connectivity index (χ2n) is 5.74. The van der Waals surface area contributed by atoms with E-state index in [9.17, 15) is 14.4 Å². The molecule has 2 aliphatic rings. The summed E-state index contributed by atoms with van der Waals surface area (Å²) in [6.45, 7) is 5.76. The van der Waals surface area contributed by atoms with Crippen LogP contribution in [0.3, 0.4) is 0 Å². The quantitative estimate of drug-likeness (QED) is 0.824. The van der Waals surface area contributed by atoms with Crippen LogP contribution in [0.4, 0.5) is 4.79 Å². The molecule has 7 heteroatoms. The van der Waals surface area contributed by atoms with Gasteiger partial charge in [0.05, 0.1) is 6.42 Å². The number of carbonyl (C=O) groups excluding carboxylic acids is 2. The van der Waals surface area contributed by atoms with E-state index in [2.05, 4.69) is 0 Å². The molecular weight excluding hydrogens is 274 g/mol. The molecule has 2 aliphatic heterocycles. The van der Waals surface area contributed by atoms with E-state index in [1.807, 2.05) is 11.8 Å². The molecule has 1 N–H and O–H groups in total. The molecule has 0 aromatic heterocycles. The molecule has 2 saturated heterocycles. The fourth-order valence-electron chi connectivity index (χ4n) is 3.22. The Hall–Kier alpha value is -1.79. The molecule has 0 aliphatic carbocycles. The first kappa shape index (κ1) is 15.6. The molecule has 0 radical (unpaired) electrons. The van der Waals surface area contributed by atoms with Crippen LogP contribution in [-0.2, 0) is 9.59 Å². The number of aliphatic carboxylic acids is 1. The van der Waals surface area contributed by atoms with Crippen LogP contribution in [0.25, 0.3) is 0 Å². The number of hydrogen-bond donors (Lipinski definition) is 1. The fraction of sp³-hybridized carbons (Fsp3) is 0.786. The van der Waals surface area contributed by atoms with Gasteiger partial charge in [-0.1, -0.05) is 0 Å². The zero-order valence-electron chi connectivity index (χ0n) is 12.6. The van der Waals surface area contributed by atoms with Crippen LogP contribution < -0.4 is 0 Å². The molecule has 0 aromatic rings. The highest BCUT2D eigenvalue weighted by atomic mass is 16.4. The maximum Gasteiger partial charge on any atom is 0.320 e. The van der Waals surface area contributed by atoms with Gasteiger partial charge in [-0.3, -0.25) is 9.59 Å². The van der Waals surface area contributed by atoms with Gasteiger partial charge >= 0.3 is 12.0 Å². The summed E-state index contributed by atoms with van der Waals surface area (Å²) in [5.41, 5.74) is 0. The van der Waals surface area contributed by atoms with Crippen LogP contribution in [0.5, 0.6) is 0 Å². The van der Waals surface area contributed by atoms with Crippen molar-refractivity contribution in [2.24, 2.45) is 0 Å². The lowest BCUT2D eigenvalue weighted by Gasteiger charge is -2.40. The van der Waals surface area contributed by atoms with Crippen LogP contribution in [-0.4, -0.2) is 76.0 Å². The van der Waals surface area contributed by atoms with Gasteiger partial charge in [-0.15, -0.1) is 0 Å². The number of carboxylic acid groups (broad SMARTS) is 1. The van der Waals surface area contributed by atoms with Crippen LogP contribution in [0.2, 0.25) is 0 Å². The van der Waals surface area contributed by atoms with Gasteiger partial charge in [-0.05, 0) is 20.3 Å². The third kappa shape index (κ3) is 3.28. The predicted octanol–water partition coefficient (Wildman–Crippen LogP) is 0.598. The third-order valence-electron chi connectivity index (χ3n) is 4.35. The standard InChI is InChI=1S/C14H23N3O4/c1-3-16(10(2)8-13(19)20)14(21)15-6-7-17-11(9-15)4-5-12(17)18/h10-11H,3-9H2,1-2H3,(H,19,20). The average molecular weight is 297 g/mol. The predicted molar refractivity (Wildman–Crippen MR) is 75.8 cm³/mol. The number of hydrogen-bond acceptors (Lipinski definition) is 3. The Bertz CT molecular complexity index is 440. The van der Waals surface area contributed by atoms with Gasteiger partial charge in [-0.25, -0.2) is 4.79 Å². The first-order valence-corrected chi connectivity index (χ1v) is 7.50. The van der Waals surface area contributed by atoms with Crippen molar-refractivity contribution in [3.05, 3.63) is 0 Å². The van der Waals surface area contributed by atoms with E-state index in [1.54, 1.807) is 16.7 Å². The number of nitrogens with zero attached hydrogens (tertiary/aromatic N) is 3. The molecule has 0 aromatic carbocycles. The van der Waals surface area contributed by atoms with Gasteiger partial charge in [0, 0.05) is 44.7 Å². The van der Waals surface area contributed by atoms with Gasteiger partial charge in [0.25, 0.3) is 0 Å². The minimum absolute atomic E-state index is 0.0541. The van der Waals surface area contributed by atoms with E-state index >= 15 is 0 Å². The zero-order chi connectivity index (χ0) is 15.6. The summed E-state index contributed by atoms with van der Waals surface area (Å²) in [6, 6.07) is -0.322. The van der Waals surface area contributed by atoms with E-state index in [1.165, 1.54) is 0 Å². The van der Waals surface area contributed by atoms with Crippen LogP contribution in [0, 0.1) is 0 Å². The van der Waals surface area contributed by atoms with E-state index in [0.717, 1.165) is 6.42 Å². The van der Waals surface area contributed by atoms with E-state index in [0.29, 0.717) is 32.6 Å². The molecule has 2 atom stereocenters. The lowest BCUT2D eigenvalue weighted by atomic mass is 10.1. The minimum Gasteiger partial charge on any atom is -0.481 e. The van der Waals surface area contributed by atoms with Crippen LogP contribution in [0.15, 0.2) is 0 Å². The molecule has 2 heterocycles. The second kappa shape index (κ2) is 6.32. The first-order chi connectivity index (χ1) is 9.93. The van der Waals surface area contributed by atoms with Gasteiger partial charge in [0.1, 0.15) is 0 Å². The highest BCUT2D eigenvalue weighted by Gasteiger charge is 2.38. The van der Waals surface area contributed by atoms with Gasteiger partial charge in [-0.2, -0.15) is 0 Å². The zero-order valence-corrected chi connectivity index (χ0v) is 12.6. The summed E-state index contributed by atoms with van der Waals surface area (Å²) in [4.78, 5) is 40.3. The minimum atomic E-state index is -0.903. The number of urea groups is 1. The van der Waals surface area contributed by atoms with E-state index in [4.69, 9.17) is 5.11 Å². The number of carbonyl (C=O) groups is 3. The molecular formula is C14H23N3O4. The van der Waals surface area contributed by atoms with Crippen molar-refractivity contribution in [2.45, 2.75) is 45.2 Å². The lowest BCUT2D eigenvalue weighted by molar-refractivity contribution is -0.138. The summed E-state index contributed by atoms with van der Waals surface area (Å²) in [5, 5.41) is 8.88. The Kier molecular flexibility index (Phi) is 4.69. The Morgan fingerprint density at radius 1 is 1.43 bits per heavy atom. The maximum atomic E-state index is 12.6. The molecule has 0 saturated carbocycles. The molecule has 0 bridgehead atoms. The number of piperazine rings is 1. The number of rotatable bonds is 4. The van der Waals surface area contributed by atoms with Crippen molar-refractivity contribution in [1.82, 2.24) is 14.7 Å². The first-order valence-electron chi connectivity index (χ1n) is 7.50. The maximum absolute atomic E-state index is 12.6. The molecule has 0 spiro atoms. The largest absolute Gasteiger partial charge is 0.481 e. The smallest absolute Gasteiger partial charge is 0.320 e. The fourth-order valence-corrected chi connectivity index (χ4v) is 3.22. The molecule has 7 nitrogen and oxygen atoms in total. The van der Waals surface area contributed by atoms with Crippen molar-refractivity contribution in [1.29, 1.82) is 0 Å². The number of carboxylic acids is 1. The van der Waals surface area contributed by atoms with Gasteiger partial charge in [0.2, 0.25) is 5.91 Å². The average Bonchev–Trinajstić information content (AvgIpc) is 2.79. The van der Waals surface area contributed by atoms with Crippen LogP contribution in [0.1, 0.15) is 33.1 Å². The summed E-state index contributed by atoms with van der Waals surface area (Å²) >= 11 is 0. The highest BCUT2D eigenvalue weighted by molar-refractivity contribution is 5.80. The SMILES string of the molecule is CCN(C(=O)N1CCN2C(=O)CCC2C1)C(C)CC(=O)O. The summed E-state index contributed by atoms with van der Waals surface area (Å²) < 4.78 is 0. The summed E-state index contributed by atoms with van der Waals surface area (Å²) in [6.07, 6.45) is 1.32. The summed E-state index contributed by atoms with van der Waals surface area (Å²) in [5.74, 6) is -0.723. The molecule has 118 valence electrons. The Morgan fingerprint density at radius 3 is 2.76 bits per heavy atom. The Morgan fingerprint density at radius 2 is 2.14 bits per heavy atom. The van der Waals surface area contributed by atoms with E-state index < -0.39 is 5.97 Å². The molecule has 2 rings (SSSR count). The third-order valence-corrected chi connectivity index (χ3v) is 4.35. The van der Waals surface area contributed by atoms with Crippen molar-refractivity contribution < 1.29 is 19.5 Å². The molecule has 3 amide bonds. The monoisotopic (exact) mass is 297 g/mol. The topological polar surface area (TPSA) is 81.2 Å². The van der Waals surface area contributed by atoms with Crippen molar-refractivity contribution in [3.63, 3.8) is 0 Å². The van der Waals surface area contributed by atoms with Gasteiger partial charge < -0.3 is 19.8 Å². The normalized spacial score (nSPS) is 23.0. The van der Waals surface area contributed by atoms with E-state index in [-0.39, 0.29) is 30.4 Å². The van der Waals surface area contributed by atoms with Crippen LogP contribution >= 0.6 is 0 Å². The molecule has 2 fully saturated rings. The number of amides is 3. The highest BCUT2D eigenvalue weighted by Crippen LogP contribution is 2.23. The number of fused-ring (bicyclic) bond motifs is 1. The van der Waals surface area contributed by atoms with Crippen molar-refractivity contribution in [3.8, 4) is 0 Å². The Balaban J connectivity index is 1.98. The summed E-state index contributed by atoms with van der Waals surface area (Å²) in [7, 11) is 0. The molecule has 21 heavy (non-hydrogen) atoms. The van der Waals surface area contributed by atoms with Gasteiger partial charge in [0.15, 0.2) is 0 Å². The second-order valence-corrected chi connectivity index (χ2v) is 5.74. The molecule has 2 unspecified atom stereocenters. The lowest BCUT2D eigenvalue weighted by Crippen LogP contribution is -2.57. The van der Waals surface area contributed by atoms with Crippen molar-refractivity contribution in [2.75, 3.05) is 26.2 Å².